The van der Waals surface area contributed by atoms with Crippen LogP contribution in [0.15, 0.2) is 35.4 Å². The lowest BCUT2D eigenvalue weighted by Gasteiger charge is -2.59. The number of amides is 1. The molecule has 6 nitrogen and oxygen atoms in total. The van der Waals surface area contributed by atoms with Gasteiger partial charge in [-0.25, -0.2) is 4.79 Å². The molecular formula is C41H65NO5Si2. The quantitative estimate of drug-likeness (QED) is 0.231. The minimum Gasteiger partial charge on any atom is -0.444 e. The smallest absolute Gasteiger partial charge is 0.410 e. The lowest BCUT2D eigenvalue weighted by Crippen LogP contribution is -2.64. The van der Waals surface area contributed by atoms with Crippen molar-refractivity contribution in [1.82, 2.24) is 4.90 Å². The van der Waals surface area contributed by atoms with Crippen molar-refractivity contribution in [1.29, 1.82) is 0 Å². The van der Waals surface area contributed by atoms with Crippen LogP contribution in [0.25, 0.3) is 0 Å². The molecule has 2 fully saturated rings. The summed E-state index contributed by atoms with van der Waals surface area (Å²) in [5.74, 6) is 0.150. The van der Waals surface area contributed by atoms with E-state index in [4.69, 9.17) is 18.6 Å². The number of aryl methyl sites for hydroxylation is 1. The fraction of sp³-hybridized carbons (Fsp3) is 0.732. The predicted molar refractivity (Wildman–Crippen MR) is 205 cm³/mol. The monoisotopic (exact) mass is 707 g/mol. The van der Waals surface area contributed by atoms with Gasteiger partial charge in [0.05, 0.1) is 20.8 Å². The molecule has 1 saturated carbocycles. The van der Waals surface area contributed by atoms with E-state index in [9.17, 15) is 4.79 Å². The molecule has 6 atom stereocenters. The highest BCUT2D eigenvalue weighted by atomic mass is 28.4. The molecular weight excluding hydrogens is 643 g/mol. The summed E-state index contributed by atoms with van der Waals surface area (Å²) in [6.07, 6.45) is 6.00. The van der Waals surface area contributed by atoms with E-state index >= 15 is 0 Å². The zero-order valence-electron chi connectivity index (χ0n) is 33.6. The molecule has 1 saturated heterocycles. The lowest BCUT2D eigenvalue weighted by atomic mass is 9.50. The van der Waals surface area contributed by atoms with E-state index in [1.165, 1.54) is 27.8 Å². The van der Waals surface area contributed by atoms with Gasteiger partial charge in [-0.1, -0.05) is 85.3 Å². The number of carbonyl (C=O) groups is 1. The van der Waals surface area contributed by atoms with Crippen molar-refractivity contribution in [3.63, 3.8) is 0 Å². The first-order chi connectivity index (χ1) is 22.3. The number of nitrogens with zero attached hydrogens (tertiary/aromatic N) is 1. The highest BCUT2D eigenvalue weighted by Crippen LogP contribution is 2.73. The standard InChI is InChI=1S/C41H65NO5Si2/c1-26-17-18-30-33(34(26)48(13,14)37(7,8)9)31-23-32-40-20-19-29(28(3)47-49(15,16)38(10,11)12)39(40,24-27(2)41(30,32)45-31)25-42(21-22-44-40)35(43)46-36(4,5)6/h17-19,23,27-28,31H,20-22,24-25H2,1-16H3/t27-,28-,31+,39+,40+,41+/m1/s1. The molecule has 1 spiro atoms. The summed E-state index contributed by atoms with van der Waals surface area (Å²) in [5.41, 5.74) is 4.49. The Balaban J connectivity index is 1.52. The Bertz CT molecular complexity index is 1610. The molecule has 6 rings (SSSR count). The Morgan fingerprint density at radius 3 is 2.27 bits per heavy atom. The molecule has 1 amide bonds. The fourth-order valence-corrected chi connectivity index (χ4v) is 13.9. The van der Waals surface area contributed by atoms with E-state index in [0.717, 1.165) is 12.8 Å². The van der Waals surface area contributed by atoms with Crippen molar-refractivity contribution in [3.05, 3.63) is 52.1 Å². The van der Waals surface area contributed by atoms with Crippen molar-refractivity contribution in [2.75, 3.05) is 19.7 Å². The van der Waals surface area contributed by atoms with Gasteiger partial charge in [-0.3, -0.25) is 0 Å². The Kier molecular flexibility index (Phi) is 8.43. The Morgan fingerprint density at radius 1 is 1.02 bits per heavy atom. The van der Waals surface area contributed by atoms with Gasteiger partial charge in [0.1, 0.15) is 22.9 Å². The van der Waals surface area contributed by atoms with Crippen LogP contribution >= 0.6 is 0 Å². The molecule has 272 valence electrons. The van der Waals surface area contributed by atoms with Crippen molar-refractivity contribution in [2.24, 2.45) is 11.3 Å². The average Bonchev–Trinajstić information content (AvgIpc) is 3.55. The van der Waals surface area contributed by atoms with Crippen molar-refractivity contribution >= 4 is 27.7 Å². The number of hydrogen-bond donors (Lipinski definition) is 0. The van der Waals surface area contributed by atoms with E-state index in [-0.39, 0.29) is 34.3 Å². The summed E-state index contributed by atoms with van der Waals surface area (Å²) in [6, 6.07) is 4.74. The summed E-state index contributed by atoms with van der Waals surface area (Å²) < 4.78 is 27.9. The largest absolute Gasteiger partial charge is 0.444 e. The second-order valence-corrected chi connectivity index (χ2v) is 30.1. The van der Waals surface area contributed by atoms with Gasteiger partial charge >= 0.3 is 6.09 Å². The number of fused-ring (bicyclic) bond motifs is 3. The van der Waals surface area contributed by atoms with E-state index in [0.29, 0.717) is 19.7 Å². The molecule has 2 bridgehead atoms. The number of rotatable bonds is 4. The van der Waals surface area contributed by atoms with Crippen LogP contribution in [-0.4, -0.2) is 64.4 Å². The fourth-order valence-electron chi connectivity index (χ4n) is 9.77. The number of hydrogen-bond acceptors (Lipinski definition) is 5. The van der Waals surface area contributed by atoms with Crippen LogP contribution in [0, 0.1) is 18.3 Å². The normalized spacial score (nSPS) is 32.0. The summed E-state index contributed by atoms with van der Waals surface area (Å²) >= 11 is 0. The highest BCUT2D eigenvalue weighted by Gasteiger charge is 2.74. The number of carbonyl (C=O) groups excluding carboxylic acids is 1. The summed E-state index contributed by atoms with van der Waals surface area (Å²) in [7, 11) is -4.01. The third-order valence-corrected chi connectivity index (χ3v) is 24.1. The lowest BCUT2D eigenvalue weighted by molar-refractivity contribution is -0.159. The van der Waals surface area contributed by atoms with E-state index in [2.05, 4.69) is 113 Å². The first-order valence-corrected chi connectivity index (χ1v) is 24.7. The zero-order valence-corrected chi connectivity index (χ0v) is 35.6. The molecule has 1 aromatic carbocycles. The van der Waals surface area contributed by atoms with E-state index in [1.807, 2.05) is 25.7 Å². The van der Waals surface area contributed by atoms with E-state index < -0.39 is 38.6 Å². The van der Waals surface area contributed by atoms with Gasteiger partial charge in [0, 0.05) is 18.5 Å². The molecule has 0 radical (unpaired) electrons. The Hall–Kier alpha value is -1.72. The highest BCUT2D eigenvalue weighted by molar-refractivity contribution is 6.92. The molecule has 3 heterocycles. The first-order valence-electron chi connectivity index (χ1n) is 18.8. The third kappa shape index (κ3) is 5.19. The van der Waals surface area contributed by atoms with Crippen LogP contribution in [-0.2, 0) is 24.2 Å². The van der Waals surface area contributed by atoms with Crippen LogP contribution in [0.5, 0.6) is 0 Å². The Morgan fingerprint density at radius 2 is 1.67 bits per heavy atom. The minimum absolute atomic E-state index is 0.0757. The van der Waals surface area contributed by atoms with E-state index in [1.54, 1.807) is 5.19 Å². The summed E-state index contributed by atoms with van der Waals surface area (Å²) in [4.78, 5) is 15.8. The second-order valence-electron chi connectivity index (χ2n) is 20.1. The van der Waals surface area contributed by atoms with Gasteiger partial charge in [0.25, 0.3) is 0 Å². The van der Waals surface area contributed by atoms with Gasteiger partial charge in [-0.05, 0) is 110 Å². The zero-order chi connectivity index (χ0) is 36.5. The maximum absolute atomic E-state index is 13.9. The van der Waals surface area contributed by atoms with Crippen molar-refractivity contribution in [2.45, 2.75) is 161 Å². The maximum Gasteiger partial charge on any atom is 0.410 e. The molecule has 0 unspecified atom stereocenters. The SMILES string of the molecule is Cc1ccc2c(c1[Si](C)(C)C(C)(C)C)[C@@H]1C=C3[C@]2(O1)[C@H](C)C[C@@]12CN(C(=O)OC(C)(C)C)CCO[C@@]31CC=C2[C@@H](C)O[Si](C)(C)C(C)(C)C. The molecule has 3 aliphatic heterocycles. The number of ether oxygens (including phenoxy) is 3. The molecule has 0 aromatic heterocycles. The molecule has 5 aliphatic rings. The molecule has 1 aromatic rings. The van der Waals surface area contributed by atoms with Gasteiger partial charge in [0.15, 0.2) is 8.32 Å². The van der Waals surface area contributed by atoms with Crippen molar-refractivity contribution < 1.29 is 23.4 Å². The maximum atomic E-state index is 13.9. The van der Waals surface area contributed by atoms with Crippen LogP contribution in [0.1, 0.15) is 112 Å². The van der Waals surface area contributed by atoms with Crippen LogP contribution in [0.3, 0.4) is 0 Å². The third-order valence-electron chi connectivity index (χ3n) is 13.9. The van der Waals surface area contributed by atoms with Gasteiger partial charge in [-0.2, -0.15) is 0 Å². The summed E-state index contributed by atoms with van der Waals surface area (Å²) in [5, 5.41) is 1.84. The van der Waals surface area contributed by atoms with Crippen LogP contribution in [0.4, 0.5) is 4.79 Å². The van der Waals surface area contributed by atoms with Gasteiger partial charge < -0.3 is 23.5 Å². The molecule has 8 heteroatoms. The minimum atomic E-state index is -2.11. The van der Waals surface area contributed by atoms with Gasteiger partial charge in [-0.15, -0.1) is 0 Å². The first kappa shape index (κ1) is 37.1. The van der Waals surface area contributed by atoms with Gasteiger partial charge in [0.2, 0.25) is 0 Å². The number of benzene rings is 1. The predicted octanol–water partition coefficient (Wildman–Crippen LogP) is 9.69. The Labute approximate surface area is 299 Å². The molecule has 49 heavy (non-hydrogen) atoms. The van der Waals surface area contributed by atoms with Crippen LogP contribution < -0.4 is 5.19 Å². The van der Waals surface area contributed by atoms with Crippen molar-refractivity contribution in [3.8, 4) is 0 Å². The molecule has 2 aliphatic carbocycles. The summed E-state index contributed by atoms with van der Waals surface area (Å²) in [6.45, 7) is 38.1. The average molecular weight is 708 g/mol. The topological polar surface area (TPSA) is 57.2 Å². The molecule has 0 N–H and O–H groups in total. The van der Waals surface area contributed by atoms with Crippen LogP contribution in [0.2, 0.25) is 36.3 Å². The second kappa shape index (κ2) is 11.1.